The Morgan fingerprint density at radius 1 is 0.833 bits per heavy atom. The van der Waals surface area contributed by atoms with Crippen molar-refractivity contribution in [1.82, 2.24) is 0 Å². The number of ether oxygens (including phenoxy) is 1. The van der Waals surface area contributed by atoms with E-state index in [1.807, 2.05) is 26.0 Å². The van der Waals surface area contributed by atoms with Crippen LogP contribution in [0.4, 0.5) is 0 Å². The first-order chi connectivity index (χ1) is 7.72. The Labute approximate surface area is 120 Å². The van der Waals surface area contributed by atoms with Crippen LogP contribution < -0.4 is 4.74 Å². The summed E-state index contributed by atoms with van der Waals surface area (Å²) >= 11 is 0. The number of rotatable bonds is 2. The van der Waals surface area contributed by atoms with Gasteiger partial charge in [-0.3, -0.25) is 0 Å². The van der Waals surface area contributed by atoms with E-state index < -0.39 is 0 Å². The Morgan fingerprint density at radius 3 is 1.56 bits per heavy atom. The first-order valence-electron chi connectivity index (χ1n) is 6.48. The lowest BCUT2D eigenvalue weighted by Gasteiger charge is -2.39. The molecule has 2 heteroatoms. The fraction of sp³-hybridized carbons (Fsp3) is 0.625. The van der Waals surface area contributed by atoms with E-state index in [-0.39, 0.29) is 24.5 Å². The summed E-state index contributed by atoms with van der Waals surface area (Å²) in [5.41, 5.74) is 1.22. The highest BCUT2D eigenvalue weighted by Gasteiger charge is 2.34. The summed E-state index contributed by atoms with van der Waals surface area (Å²) < 4.78 is 6.02. The number of hydrogen-bond acceptors (Lipinski definition) is 1. The lowest BCUT2D eigenvalue weighted by Crippen LogP contribution is -2.42. The van der Waals surface area contributed by atoms with Crippen molar-refractivity contribution in [3.8, 4) is 5.75 Å². The molecule has 0 saturated carbocycles. The van der Waals surface area contributed by atoms with Crippen LogP contribution >= 0.6 is 13.5 Å². The van der Waals surface area contributed by atoms with Gasteiger partial charge in [0.15, 0.2) is 0 Å². The molecule has 0 aliphatic carbocycles. The van der Waals surface area contributed by atoms with Gasteiger partial charge in [0, 0.05) is 5.41 Å². The van der Waals surface area contributed by atoms with Gasteiger partial charge in [0.2, 0.25) is 0 Å². The van der Waals surface area contributed by atoms with Crippen molar-refractivity contribution < 1.29 is 4.74 Å². The Kier molecular flexibility index (Phi) is 8.46. The molecule has 0 spiro atoms. The third-order valence-electron chi connectivity index (χ3n) is 3.20. The minimum absolute atomic E-state index is 0. The van der Waals surface area contributed by atoms with Crippen LogP contribution in [0.3, 0.4) is 0 Å². The lowest BCUT2D eigenvalue weighted by molar-refractivity contribution is 0.000802. The zero-order valence-corrected chi connectivity index (χ0v) is 14.2. The predicted molar refractivity (Wildman–Crippen MR) is 87.1 cm³/mol. The van der Waals surface area contributed by atoms with Crippen molar-refractivity contribution in [2.24, 2.45) is 5.41 Å². The summed E-state index contributed by atoms with van der Waals surface area (Å²) in [6.45, 7) is 16.9. The molecule has 0 atom stereocenters. The largest absolute Gasteiger partial charge is 0.487 e. The Hall–Kier alpha value is -0.630. The first kappa shape index (κ1) is 19.7. The van der Waals surface area contributed by atoms with E-state index in [9.17, 15) is 0 Å². The van der Waals surface area contributed by atoms with Gasteiger partial charge in [0.1, 0.15) is 11.4 Å². The summed E-state index contributed by atoms with van der Waals surface area (Å²) in [5, 5.41) is 0. The Balaban J connectivity index is 0. The molecular weight excluding hydrogens is 240 g/mol. The van der Waals surface area contributed by atoms with E-state index in [0.717, 1.165) is 5.75 Å². The van der Waals surface area contributed by atoms with E-state index >= 15 is 0 Å². The van der Waals surface area contributed by atoms with Crippen molar-refractivity contribution in [3.05, 3.63) is 29.8 Å². The zero-order chi connectivity index (χ0) is 13.7. The minimum atomic E-state index is -0.164. The van der Waals surface area contributed by atoms with Gasteiger partial charge in [-0.1, -0.05) is 52.3 Å². The van der Waals surface area contributed by atoms with Gasteiger partial charge in [-0.15, -0.1) is 0 Å². The predicted octanol–water partition coefficient (Wildman–Crippen LogP) is 5.34. The van der Waals surface area contributed by atoms with E-state index in [1.165, 1.54) is 5.56 Å². The van der Waals surface area contributed by atoms with Crippen LogP contribution in [0.15, 0.2) is 24.3 Å². The molecule has 0 fully saturated rings. The summed E-state index contributed by atoms with van der Waals surface area (Å²) in [6, 6.07) is 8.22. The van der Waals surface area contributed by atoms with Crippen LogP contribution in [-0.4, -0.2) is 5.60 Å². The smallest absolute Gasteiger partial charge is 0.120 e. The highest BCUT2D eigenvalue weighted by molar-refractivity contribution is 7.59. The van der Waals surface area contributed by atoms with Gasteiger partial charge in [0.05, 0.1) is 0 Å². The van der Waals surface area contributed by atoms with Crippen LogP contribution in [0.2, 0.25) is 0 Å². The lowest BCUT2D eigenvalue weighted by atomic mass is 9.79. The van der Waals surface area contributed by atoms with E-state index in [2.05, 4.69) is 53.7 Å². The van der Waals surface area contributed by atoms with Gasteiger partial charge < -0.3 is 4.74 Å². The van der Waals surface area contributed by atoms with Crippen molar-refractivity contribution in [2.45, 2.75) is 61.0 Å². The fourth-order valence-electron chi connectivity index (χ4n) is 1.05. The van der Waals surface area contributed by atoms with E-state index in [1.54, 1.807) is 0 Å². The average molecular weight is 270 g/mol. The molecule has 0 bridgehead atoms. The number of benzene rings is 1. The normalized spacial score (nSPS) is 10.9. The molecule has 0 amide bonds. The van der Waals surface area contributed by atoms with Gasteiger partial charge in [-0.2, -0.15) is 13.5 Å². The molecular formula is C16H30OS. The molecule has 18 heavy (non-hydrogen) atoms. The van der Waals surface area contributed by atoms with Gasteiger partial charge >= 0.3 is 0 Å². The summed E-state index contributed by atoms with van der Waals surface area (Å²) in [4.78, 5) is 0. The molecule has 0 N–H and O–H groups in total. The number of aryl methyl sites for hydroxylation is 1. The van der Waals surface area contributed by atoms with Crippen LogP contribution in [0.1, 0.15) is 54.0 Å². The fourth-order valence-corrected chi connectivity index (χ4v) is 1.05. The van der Waals surface area contributed by atoms with Crippen molar-refractivity contribution in [1.29, 1.82) is 0 Å². The summed E-state index contributed by atoms with van der Waals surface area (Å²) in [5.74, 6) is 0.945. The monoisotopic (exact) mass is 270 g/mol. The van der Waals surface area contributed by atoms with Crippen LogP contribution in [0.25, 0.3) is 0 Å². The van der Waals surface area contributed by atoms with Crippen molar-refractivity contribution >= 4 is 13.5 Å². The molecule has 1 rings (SSSR count). The molecule has 106 valence electrons. The molecule has 0 unspecified atom stereocenters. The molecule has 0 heterocycles. The summed E-state index contributed by atoms with van der Waals surface area (Å²) in [6.07, 6.45) is 0. The Morgan fingerprint density at radius 2 is 1.22 bits per heavy atom. The number of hydrogen-bond donors (Lipinski definition) is 0. The van der Waals surface area contributed by atoms with Crippen LogP contribution in [-0.2, 0) is 0 Å². The van der Waals surface area contributed by atoms with Crippen molar-refractivity contribution in [3.63, 3.8) is 0 Å². The molecule has 0 saturated heterocycles. The summed E-state index contributed by atoms with van der Waals surface area (Å²) in [7, 11) is 0. The quantitative estimate of drug-likeness (QED) is 0.705. The molecule has 0 radical (unpaired) electrons. The SMILES string of the molecule is CC.Cc1ccc(OC(C)(C)C(C)(C)C)cc1.S. The molecule has 0 aromatic heterocycles. The minimum Gasteiger partial charge on any atom is -0.487 e. The second-order valence-corrected chi connectivity index (χ2v) is 5.68. The van der Waals surface area contributed by atoms with Gasteiger partial charge in [-0.25, -0.2) is 0 Å². The average Bonchev–Trinajstić information content (AvgIpc) is 2.22. The zero-order valence-electron chi connectivity index (χ0n) is 13.2. The molecule has 1 aromatic rings. The maximum atomic E-state index is 6.02. The molecule has 1 nitrogen and oxygen atoms in total. The topological polar surface area (TPSA) is 9.23 Å². The molecule has 0 aliphatic rings. The van der Waals surface area contributed by atoms with E-state index in [0.29, 0.717) is 0 Å². The second-order valence-electron chi connectivity index (χ2n) is 5.68. The highest BCUT2D eigenvalue weighted by Crippen LogP contribution is 2.34. The van der Waals surface area contributed by atoms with Crippen LogP contribution in [0.5, 0.6) is 5.75 Å². The second kappa shape index (κ2) is 7.73. The maximum absolute atomic E-state index is 6.02. The Bertz CT molecular complexity index is 320. The third-order valence-corrected chi connectivity index (χ3v) is 3.20. The van der Waals surface area contributed by atoms with E-state index in [4.69, 9.17) is 4.74 Å². The van der Waals surface area contributed by atoms with Gasteiger partial charge in [-0.05, 0) is 32.9 Å². The molecule has 1 aromatic carbocycles. The van der Waals surface area contributed by atoms with Crippen molar-refractivity contribution in [2.75, 3.05) is 0 Å². The first-order valence-corrected chi connectivity index (χ1v) is 6.48. The molecule has 0 aliphatic heterocycles. The van der Waals surface area contributed by atoms with Gasteiger partial charge in [0.25, 0.3) is 0 Å². The van der Waals surface area contributed by atoms with Crippen LogP contribution in [0, 0.1) is 12.3 Å². The third kappa shape index (κ3) is 5.81. The maximum Gasteiger partial charge on any atom is 0.120 e. The standard InChI is InChI=1S/C14H22O.C2H6.H2S/c1-11-7-9-12(10-8-11)15-14(5,6)13(2,3)4;1-2;/h7-10H,1-6H3;1-2H3;1H2. The highest BCUT2D eigenvalue weighted by atomic mass is 32.1.